The van der Waals surface area contributed by atoms with E-state index in [2.05, 4.69) is 20.8 Å². The van der Waals surface area contributed by atoms with Gasteiger partial charge in [-0.1, -0.05) is 130 Å². The molecule has 0 aromatic heterocycles. The zero-order chi connectivity index (χ0) is 20.7. The van der Waals surface area contributed by atoms with Crippen LogP contribution in [0.5, 0.6) is 0 Å². The summed E-state index contributed by atoms with van der Waals surface area (Å²) in [4.78, 5) is 11.8. The van der Waals surface area contributed by atoms with E-state index < -0.39 is 0 Å². The predicted molar refractivity (Wildman–Crippen MR) is 124 cm³/mol. The molecule has 0 aromatic rings. The van der Waals surface area contributed by atoms with E-state index in [-0.39, 0.29) is 5.97 Å². The average molecular weight is 397 g/mol. The summed E-state index contributed by atoms with van der Waals surface area (Å²) < 4.78 is 5.40. The third kappa shape index (κ3) is 20.2. The molecule has 0 rings (SSSR count). The van der Waals surface area contributed by atoms with Crippen LogP contribution in [0.4, 0.5) is 0 Å². The monoisotopic (exact) mass is 396 g/mol. The Morgan fingerprint density at radius 3 is 1.50 bits per heavy atom. The third-order valence-corrected chi connectivity index (χ3v) is 6.05. The molecule has 0 saturated heterocycles. The molecule has 168 valence electrons. The molecule has 2 heteroatoms. The van der Waals surface area contributed by atoms with Gasteiger partial charge < -0.3 is 4.74 Å². The lowest BCUT2D eigenvalue weighted by atomic mass is 9.98. The van der Waals surface area contributed by atoms with Crippen molar-refractivity contribution in [3.05, 3.63) is 0 Å². The maximum absolute atomic E-state index is 11.8. The van der Waals surface area contributed by atoms with Gasteiger partial charge in [0.25, 0.3) is 0 Å². The summed E-state index contributed by atoms with van der Waals surface area (Å²) in [6, 6.07) is 0. The zero-order valence-electron chi connectivity index (χ0n) is 19.7. The molecular formula is C26H52O2. The summed E-state index contributed by atoms with van der Waals surface area (Å²) in [6.45, 7) is 7.37. The van der Waals surface area contributed by atoms with Crippen molar-refractivity contribution in [1.29, 1.82) is 0 Å². The fraction of sp³-hybridized carbons (Fsp3) is 0.962. The van der Waals surface area contributed by atoms with Crippen molar-refractivity contribution in [1.82, 2.24) is 0 Å². The van der Waals surface area contributed by atoms with Gasteiger partial charge in [-0.05, 0) is 18.8 Å². The highest BCUT2D eigenvalue weighted by atomic mass is 16.5. The largest absolute Gasteiger partial charge is 0.466 e. The van der Waals surface area contributed by atoms with Crippen LogP contribution in [0.25, 0.3) is 0 Å². The molecule has 28 heavy (non-hydrogen) atoms. The molecule has 2 nitrogen and oxygen atoms in total. The number of hydrogen-bond acceptors (Lipinski definition) is 2. The smallest absolute Gasteiger partial charge is 0.305 e. The molecule has 0 aliphatic carbocycles. The van der Waals surface area contributed by atoms with E-state index in [0.717, 1.165) is 18.8 Å². The molecule has 0 N–H and O–H groups in total. The summed E-state index contributed by atoms with van der Waals surface area (Å²) >= 11 is 0. The van der Waals surface area contributed by atoms with Crippen LogP contribution in [0.3, 0.4) is 0 Å². The van der Waals surface area contributed by atoms with E-state index in [1.807, 2.05) is 0 Å². The first-order valence-electron chi connectivity index (χ1n) is 12.9. The first kappa shape index (κ1) is 27.5. The van der Waals surface area contributed by atoms with E-state index in [4.69, 9.17) is 4.74 Å². The van der Waals surface area contributed by atoms with Gasteiger partial charge in [0.05, 0.1) is 6.61 Å². The summed E-state index contributed by atoms with van der Waals surface area (Å²) in [5.74, 6) is 0.740. The molecule has 0 saturated carbocycles. The van der Waals surface area contributed by atoms with Gasteiger partial charge in [0, 0.05) is 6.42 Å². The topological polar surface area (TPSA) is 26.3 Å². The molecule has 0 heterocycles. The van der Waals surface area contributed by atoms with Crippen molar-refractivity contribution in [3.8, 4) is 0 Å². The van der Waals surface area contributed by atoms with Gasteiger partial charge in [-0.25, -0.2) is 0 Å². The van der Waals surface area contributed by atoms with Crippen molar-refractivity contribution >= 4 is 5.97 Å². The average Bonchev–Trinajstić information content (AvgIpc) is 2.70. The Balaban J connectivity index is 3.23. The van der Waals surface area contributed by atoms with Gasteiger partial charge in [0.2, 0.25) is 0 Å². The highest BCUT2D eigenvalue weighted by Gasteiger charge is 2.07. The fourth-order valence-electron chi connectivity index (χ4n) is 4.01. The number of carbonyl (C=O) groups is 1. The first-order valence-corrected chi connectivity index (χ1v) is 12.9. The Morgan fingerprint density at radius 1 is 0.607 bits per heavy atom. The lowest BCUT2D eigenvalue weighted by molar-refractivity contribution is -0.144. The lowest BCUT2D eigenvalue weighted by Crippen LogP contribution is -2.09. The zero-order valence-corrected chi connectivity index (χ0v) is 19.7. The van der Waals surface area contributed by atoms with E-state index >= 15 is 0 Å². The van der Waals surface area contributed by atoms with Crippen molar-refractivity contribution in [3.63, 3.8) is 0 Å². The number of carbonyl (C=O) groups excluding carboxylic acids is 1. The normalized spacial score (nSPS) is 12.2. The molecular weight excluding hydrogens is 344 g/mol. The maximum atomic E-state index is 11.8. The molecule has 1 atom stereocenters. The standard InChI is InChI=1S/C26H52O2/c1-4-7-8-9-10-11-12-13-14-15-16-17-18-19-20-22-26(27)28-24-23-25(6-3)21-5-2/h25H,4-24H2,1-3H3. The van der Waals surface area contributed by atoms with Crippen LogP contribution >= 0.6 is 0 Å². The van der Waals surface area contributed by atoms with E-state index in [9.17, 15) is 4.79 Å². The highest BCUT2D eigenvalue weighted by molar-refractivity contribution is 5.69. The third-order valence-electron chi connectivity index (χ3n) is 6.05. The Hall–Kier alpha value is -0.530. The molecule has 0 fully saturated rings. The Labute approximate surface area is 177 Å². The quantitative estimate of drug-likeness (QED) is 0.135. The summed E-state index contributed by atoms with van der Waals surface area (Å²) in [7, 11) is 0. The number of rotatable bonds is 22. The van der Waals surface area contributed by atoms with Gasteiger partial charge in [-0.2, -0.15) is 0 Å². The first-order chi connectivity index (χ1) is 13.7. The van der Waals surface area contributed by atoms with E-state index in [1.54, 1.807) is 0 Å². The molecule has 0 aromatic carbocycles. The van der Waals surface area contributed by atoms with Gasteiger partial charge >= 0.3 is 5.97 Å². The van der Waals surface area contributed by atoms with Gasteiger partial charge in [0.15, 0.2) is 0 Å². The summed E-state index contributed by atoms with van der Waals surface area (Å²) in [5.41, 5.74) is 0. The minimum absolute atomic E-state index is 0.0149. The summed E-state index contributed by atoms with van der Waals surface area (Å²) in [6.07, 6.45) is 25.7. The van der Waals surface area contributed by atoms with E-state index in [0.29, 0.717) is 13.0 Å². The summed E-state index contributed by atoms with van der Waals surface area (Å²) in [5, 5.41) is 0. The second kappa shape index (κ2) is 22.8. The van der Waals surface area contributed by atoms with Crippen LogP contribution < -0.4 is 0 Å². The second-order valence-corrected chi connectivity index (χ2v) is 8.77. The predicted octanol–water partition coefficient (Wildman–Crippen LogP) is 9.01. The number of unbranched alkanes of at least 4 members (excludes halogenated alkanes) is 14. The van der Waals surface area contributed by atoms with Crippen molar-refractivity contribution < 1.29 is 9.53 Å². The number of esters is 1. The molecule has 0 bridgehead atoms. The van der Waals surface area contributed by atoms with Crippen LogP contribution in [-0.4, -0.2) is 12.6 Å². The fourth-order valence-corrected chi connectivity index (χ4v) is 4.01. The second-order valence-electron chi connectivity index (χ2n) is 8.77. The SMILES string of the molecule is CCCCCCCCCCCCCCCCCC(=O)OCCC(CC)CCC. The number of ether oxygens (including phenoxy) is 1. The minimum atomic E-state index is 0.0149. The van der Waals surface area contributed by atoms with Gasteiger partial charge in [0.1, 0.15) is 0 Å². The van der Waals surface area contributed by atoms with Crippen molar-refractivity contribution in [2.75, 3.05) is 6.61 Å². The van der Waals surface area contributed by atoms with Crippen LogP contribution in [0.2, 0.25) is 0 Å². The molecule has 0 aliphatic heterocycles. The maximum Gasteiger partial charge on any atom is 0.305 e. The Kier molecular flexibility index (Phi) is 22.3. The van der Waals surface area contributed by atoms with Crippen LogP contribution in [-0.2, 0) is 9.53 Å². The molecule has 1 unspecified atom stereocenters. The van der Waals surface area contributed by atoms with Gasteiger partial charge in [-0.3, -0.25) is 4.79 Å². The number of hydrogen-bond donors (Lipinski definition) is 0. The molecule has 0 aliphatic rings. The molecule has 0 radical (unpaired) electrons. The lowest BCUT2D eigenvalue weighted by Gasteiger charge is -2.13. The van der Waals surface area contributed by atoms with Gasteiger partial charge in [-0.15, -0.1) is 0 Å². The van der Waals surface area contributed by atoms with E-state index in [1.165, 1.54) is 109 Å². The molecule has 0 amide bonds. The molecule has 0 spiro atoms. The Morgan fingerprint density at radius 2 is 1.07 bits per heavy atom. The van der Waals surface area contributed by atoms with Crippen LogP contribution in [0.15, 0.2) is 0 Å². The van der Waals surface area contributed by atoms with Crippen LogP contribution in [0.1, 0.15) is 149 Å². The van der Waals surface area contributed by atoms with Crippen molar-refractivity contribution in [2.45, 2.75) is 149 Å². The minimum Gasteiger partial charge on any atom is -0.466 e. The Bertz CT molecular complexity index is 314. The van der Waals surface area contributed by atoms with Crippen LogP contribution in [0, 0.1) is 5.92 Å². The highest BCUT2D eigenvalue weighted by Crippen LogP contribution is 2.16. The van der Waals surface area contributed by atoms with Crippen molar-refractivity contribution in [2.24, 2.45) is 5.92 Å².